The smallest absolute Gasteiger partial charge is 0.234 e. The molecule has 1 rings (SSSR count). The molecule has 0 saturated carbocycles. The van der Waals surface area contributed by atoms with E-state index in [2.05, 4.69) is 40.5 Å². The zero-order valence-electron chi connectivity index (χ0n) is 6.25. The summed E-state index contributed by atoms with van der Waals surface area (Å²) in [4.78, 5) is 10.9. The van der Waals surface area contributed by atoms with Gasteiger partial charge in [0.25, 0.3) is 0 Å². The van der Waals surface area contributed by atoms with Gasteiger partial charge >= 0.3 is 0 Å². The van der Waals surface area contributed by atoms with E-state index >= 15 is 0 Å². The van der Waals surface area contributed by atoms with Crippen LogP contribution in [0.5, 0.6) is 0 Å². The molecule has 0 aliphatic heterocycles. The van der Waals surface area contributed by atoms with Crippen molar-refractivity contribution in [3.63, 3.8) is 0 Å². The van der Waals surface area contributed by atoms with Crippen molar-refractivity contribution in [3.8, 4) is 0 Å². The van der Waals surface area contributed by atoms with E-state index in [1.54, 1.807) is 0 Å². The minimum Gasteiger partial charge on any atom is -0.325 e. The van der Waals surface area contributed by atoms with Gasteiger partial charge in [0, 0.05) is 9.26 Å². The number of anilines is 1. The van der Waals surface area contributed by atoms with Crippen LogP contribution in [0.4, 0.5) is 5.69 Å². The Hall–Kier alpha value is -0.230. The van der Waals surface area contributed by atoms with E-state index in [1.165, 1.54) is 0 Å². The molecule has 12 heavy (non-hydrogen) atoms. The first-order chi connectivity index (χ1) is 5.72. The molecule has 0 atom stereocenters. The third-order valence-corrected chi connectivity index (χ3v) is 2.21. The predicted octanol–water partition coefficient (Wildman–Crippen LogP) is 2.16. The van der Waals surface area contributed by atoms with Gasteiger partial charge in [0.1, 0.15) is 0 Å². The fourth-order valence-corrected chi connectivity index (χ4v) is 1.39. The molecule has 0 aliphatic carbocycles. The summed E-state index contributed by atoms with van der Waals surface area (Å²) in [5, 5.41) is 2.71. The van der Waals surface area contributed by atoms with Crippen LogP contribution in [-0.4, -0.2) is 11.7 Å². The molecule has 0 unspecified atom stereocenters. The van der Waals surface area contributed by atoms with Crippen LogP contribution in [0.2, 0.25) is 0 Å². The van der Waals surface area contributed by atoms with Crippen molar-refractivity contribution >= 4 is 46.8 Å². The van der Waals surface area contributed by atoms with Crippen LogP contribution in [0.1, 0.15) is 0 Å². The number of thiol groups is 1. The maximum atomic E-state index is 10.9. The van der Waals surface area contributed by atoms with E-state index in [-0.39, 0.29) is 11.7 Å². The molecule has 1 aromatic carbocycles. The molecule has 0 fully saturated rings. The van der Waals surface area contributed by atoms with Gasteiger partial charge in [-0.25, -0.2) is 0 Å². The van der Waals surface area contributed by atoms with E-state index < -0.39 is 0 Å². The summed E-state index contributed by atoms with van der Waals surface area (Å²) in [7, 11) is 0. The zero-order chi connectivity index (χ0) is 8.97. The highest BCUT2D eigenvalue weighted by atomic mass is 127. The molecule has 0 bridgehead atoms. The van der Waals surface area contributed by atoms with Crippen molar-refractivity contribution in [2.24, 2.45) is 0 Å². The summed E-state index contributed by atoms with van der Waals surface area (Å²) in [5.74, 6) is 0.131. The molecule has 1 N–H and O–H groups in total. The number of hydrogen-bond acceptors (Lipinski definition) is 2. The van der Waals surface area contributed by atoms with Crippen molar-refractivity contribution in [1.29, 1.82) is 0 Å². The van der Waals surface area contributed by atoms with E-state index in [0.29, 0.717) is 0 Å². The Morgan fingerprint density at radius 1 is 1.58 bits per heavy atom. The second-order valence-corrected chi connectivity index (χ2v) is 3.78. The number of rotatable bonds is 2. The predicted molar refractivity (Wildman–Crippen MR) is 61.6 cm³/mol. The van der Waals surface area contributed by atoms with Crippen LogP contribution in [0.15, 0.2) is 24.3 Å². The third kappa shape index (κ3) is 3.02. The van der Waals surface area contributed by atoms with Gasteiger partial charge in [-0.15, -0.1) is 0 Å². The highest BCUT2D eigenvalue weighted by Gasteiger charge is 1.98. The lowest BCUT2D eigenvalue weighted by Crippen LogP contribution is -2.12. The molecule has 0 aromatic heterocycles. The number of carbonyl (C=O) groups excluding carboxylic acids is 1. The molecule has 1 aromatic rings. The van der Waals surface area contributed by atoms with Gasteiger partial charge in [0.15, 0.2) is 0 Å². The summed E-state index contributed by atoms with van der Waals surface area (Å²) in [6, 6.07) is 7.62. The third-order valence-electron chi connectivity index (χ3n) is 1.25. The number of nitrogens with one attached hydrogen (secondary N) is 1. The van der Waals surface area contributed by atoms with Gasteiger partial charge in [-0.1, -0.05) is 6.07 Å². The van der Waals surface area contributed by atoms with Crippen LogP contribution >= 0.6 is 35.2 Å². The molecular formula is C8H8INOS. The van der Waals surface area contributed by atoms with E-state index in [1.807, 2.05) is 24.3 Å². The Morgan fingerprint density at radius 3 is 2.92 bits per heavy atom. The standard InChI is InChI=1S/C8H8INOS/c9-6-2-1-3-7(4-6)10-8(11)5-12/h1-4,12H,5H2,(H,10,11). The highest BCUT2D eigenvalue weighted by molar-refractivity contribution is 14.1. The monoisotopic (exact) mass is 293 g/mol. The van der Waals surface area contributed by atoms with Gasteiger partial charge in [0.05, 0.1) is 5.75 Å². The molecule has 0 aliphatic rings. The Kier molecular flexibility index (Phi) is 3.87. The summed E-state index contributed by atoms with van der Waals surface area (Å²) in [6.07, 6.45) is 0. The van der Waals surface area contributed by atoms with Crippen molar-refractivity contribution in [2.45, 2.75) is 0 Å². The number of halogens is 1. The van der Waals surface area contributed by atoms with Crippen LogP contribution < -0.4 is 5.32 Å². The SMILES string of the molecule is O=C(CS)Nc1cccc(I)c1. The first-order valence-corrected chi connectivity index (χ1v) is 5.10. The zero-order valence-corrected chi connectivity index (χ0v) is 9.30. The lowest BCUT2D eigenvalue weighted by atomic mass is 10.3. The van der Waals surface area contributed by atoms with Crippen molar-refractivity contribution < 1.29 is 4.79 Å². The van der Waals surface area contributed by atoms with E-state index in [0.717, 1.165) is 9.26 Å². The van der Waals surface area contributed by atoms with E-state index in [4.69, 9.17) is 0 Å². The van der Waals surface area contributed by atoms with Crippen LogP contribution in [0, 0.1) is 3.57 Å². The number of hydrogen-bond donors (Lipinski definition) is 2. The normalized spacial score (nSPS) is 9.50. The lowest BCUT2D eigenvalue weighted by Gasteiger charge is -2.02. The molecule has 0 heterocycles. The maximum absolute atomic E-state index is 10.9. The molecule has 0 spiro atoms. The maximum Gasteiger partial charge on any atom is 0.234 e. The summed E-state index contributed by atoms with van der Waals surface area (Å²) in [5.41, 5.74) is 0.820. The molecule has 1 amide bonds. The minimum absolute atomic E-state index is 0.0830. The fraction of sp³-hybridized carbons (Fsp3) is 0.125. The Labute approximate surface area is 90.3 Å². The topological polar surface area (TPSA) is 29.1 Å². The molecule has 64 valence electrons. The summed E-state index contributed by atoms with van der Waals surface area (Å²) in [6.45, 7) is 0. The van der Waals surface area contributed by atoms with Crippen LogP contribution in [0.3, 0.4) is 0 Å². The summed E-state index contributed by atoms with van der Waals surface area (Å²) >= 11 is 6.05. The molecule has 0 radical (unpaired) electrons. The van der Waals surface area contributed by atoms with Gasteiger partial charge in [-0.2, -0.15) is 12.6 Å². The molecular weight excluding hydrogens is 285 g/mol. The van der Waals surface area contributed by atoms with Crippen LogP contribution in [0.25, 0.3) is 0 Å². The van der Waals surface area contributed by atoms with Gasteiger partial charge in [-0.3, -0.25) is 4.79 Å². The first-order valence-electron chi connectivity index (χ1n) is 3.38. The molecule has 2 nitrogen and oxygen atoms in total. The van der Waals surface area contributed by atoms with E-state index in [9.17, 15) is 4.79 Å². The van der Waals surface area contributed by atoms with Crippen molar-refractivity contribution in [3.05, 3.63) is 27.8 Å². The fourth-order valence-electron chi connectivity index (χ4n) is 0.767. The van der Waals surface area contributed by atoms with Gasteiger partial charge in [-0.05, 0) is 40.8 Å². The van der Waals surface area contributed by atoms with Crippen molar-refractivity contribution in [1.82, 2.24) is 0 Å². The average Bonchev–Trinajstić information content (AvgIpc) is 2.04. The second-order valence-electron chi connectivity index (χ2n) is 2.22. The summed E-state index contributed by atoms with van der Waals surface area (Å²) < 4.78 is 1.10. The molecule has 0 saturated heterocycles. The highest BCUT2D eigenvalue weighted by Crippen LogP contribution is 2.11. The number of carbonyl (C=O) groups is 1. The lowest BCUT2D eigenvalue weighted by molar-refractivity contribution is -0.113. The number of benzene rings is 1. The quantitative estimate of drug-likeness (QED) is 0.635. The largest absolute Gasteiger partial charge is 0.325 e. The van der Waals surface area contributed by atoms with Gasteiger partial charge < -0.3 is 5.32 Å². The Bertz CT molecular complexity index is 290. The second kappa shape index (κ2) is 4.71. The van der Waals surface area contributed by atoms with Gasteiger partial charge in [0.2, 0.25) is 5.91 Å². The first kappa shape index (κ1) is 9.85. The Morgan fingerprint density at radius 2 is 2.33 bits per heavy atom. The minimum atomic E-state index is -0.0830. The Balaban J connectivity index is 2.69. The number of amides is 1. The average molecular weight is 293 g/mol. The molecule has 4 heteroatoms. The van der Waals surface area contributed by atoms with Crippen LogP contribution in [-0.2, 0) is 4.79 Å². The van der Waals surface area contributed by atoms with Crippen molar-refractivity contribution in [2.75, 3.05) is 11.1 Å².